The monoisotopic (exact) mass is 360 g/mol. The minimum atomic E-state index is -0.969. The minimum absolute atomic E-state index is 0.132. The number of carbonyl (C=O) groups excluding carboxylic acids is 1. The van der Waals surface area contributed by atoms with Crippen LogP contribution in [0, 0.1) is 0 Å². The standard InChI is InChI=1S/C17H20N4O5/c1-10(22)15(18)16(23)19-4-2-3-5-21-8-20-12-7-14-13(25-9-26-14)6-11(12)17(21)24/h2-3,6-8,10,15,22H,4-5,9,18H2,1H3,(H,19,23)/b3-2+/t10-,15+/m1/s1. The first-order valence-corrected chi connectivity index (χ1v) is 8.12. The van der Waals surface area contributed by atoms with Gasteiger partial charge in [0.05, 0.1) is 23.3 Å². The first-order valence-electron chi connectivity index (χ1n) is 8.12. The molecule has 2 aromatic rings. The summed E-state index contributed by atoms with van der Waals surface area (Å²) >= 11 is 0. The van der Waals surface area contributed by atoms with Gasteiger partial charge in [-0.15, -0.1) is 0 Å². The molecule has 1 aromatic heterocycles. The van der Waals surface area contributed by atoms with Crippen LogP contribution in [0.3, 0.4) is 0 Å². The van der Waals surface area contributed by atoms with Gasteiger partial charge in [0.2, 0.25) is 12.7 Å². The second-order valence-electron chi connectivity index (χ2n) is 5.91. The van der Waals surface area contributed by atoms with E-state index in [0.29, 0.717) is 28.9 Å². The highest BCUT2D eigenvalue weighted by Gasteiger charge is 2.18. The summed E-state index contributed by atoms with van der Waals surface area (Å²) in [4.78, 5) is 28.4. The zero-order valence-electron chi connectivity index (χ0n) is 14.2. The summed E-state index contributed by atoms with van der Waals surface area (Å²) in [6.07, 6.45) is 3.97. The van der Waals surface area contributed by atoms with Crippen LogP contribution in [0.2, 0.25) is 0 Å². The summed E-state index contributed by atoms with van der Waals surface area (Å²) in [5.41, 5.74) is 5.86. The molecule has 0 radical (unpaired) electrons. The van der Waals surface area contributed by atoms with Gasteiger partial charge in [0, 0.05) is 19.2 Å². The van der Waals surface area contributed by atoms with Crippen molar-refractivity contribution in [3.8, 4) is 11.5 Å². The summed E-state index contributed by atoms with van der Waals surface area (Å²) < 4.78 is 12.0. The maximum atomic E-state index is 12.5. The van der Waals surface area contributed by atoms with Crippen molar-refractivity contribution < 1.29 is 19.4 Å². The van der Waals surface area contributed by atoms with Crippen LogP contribution in [0.1, 0.15) is 6.92 Å². The van der Waals surface area contributed by atoms with Gasteiger partial charge in [0.15, 0.2) is 11.5 Å². The summed E-state index contributed by atoms with van der Waals surface area (Å²) in [5.74, 6) is 0.667. The number of aliphatic hydroxyl groups excluding tert-OH is 1. The lowest BCUT2D eigenvalue weighted by Gasteiger charge is -2.13. The molecular formula is C17H20N4O5. The van der Waals surface area contributed by atoms with Crippen LogP contribution in [0.5, 0.6) is 11.5 Å². The van der Waals surface area contributed by atoms with E-state index in [0.717, 1.165) is 0 Å². The zero-order valence-corrected chi connectivity index (χ0v) is 14.2. The molecule has 2 heterocycles. The van der Waals surface area contributed by atoms with Crippen molar-refractivity contribution in [2.75, 3.05) is 13.3 Å². The van der Waals surface area contributed by atoms with Crippen LogP contribution in [0.25, 0.3) is 10.9 Å². The molecule has 0 bridgehead atoms. The normalized spacial score (nSPS) is 15.3. The Balaban J connectivity index is 1.64. The molecule has 3 rings (SSSR count). The molecule has 138 valence electrons. The molecule has 0 spiro atoms. The number of nitrogens with two attached hydrogens (primary N) is 1. The fraction of sp³-hybridized carbons (Fsp3) is 0.353. The van der Waals surface area contributed by atoms with Crippen LogP contribution in [-0.2, 0) is 11.3 Å². The van der Waals surface area contributed by atoms with E-state index in [-0.39, 0.29) is 18.9 Å². The molecule has 9 nitrogen and oxygen atoms in total. The van der Waals surface area contributed by atoms with Crippen molar-refractivity contribution >= 4 is 16.8 Å². The number of allylic oxidation sites excluding steroid dienone is 1. The molecular weight excluding hydrogens is 340 g/mol. The highest BCUT2D eigenvalue weighted by atomic mass is 16.7. The molecule has 1 aromatic carbocycles. The molecule has 1 aliphatic heterocycles. The molecule has 1 amide bonds. The number of hydrogen-bond donors (Lipinski definition) is 3. The smallest absolute Gasteiger partial charge is 0.261 e. The molecule has 0 fully saturated rings. The molecule has 9 heteroatoms. The molecule has 4 N–H and O–H groups in total. The number of rotatable bonds is 6. The third-order valence-corrected chi connectivity index (χ3v) is 4.00. The summed E-state index contributed by atoms with van der Waals surface area (Å²) in [6.45, 7) is 2.13. The largest absolute Gasteiger partial charge is 0.454 e. The SMILES string of the molecule is C[C@@H](O)[C@H](N)C(=O)NC/C=C/Cn1cnc2cc3c(cc2c1=O)OCO3. The molecule has 0 unspecified atom stereocenters. The maximum absolute atomic E-state index is 12.5. The van der Waals surface area contributed by atoms with Gasteiger partial charge in [-0.1, -0.05) is 12.2 Å². The number of benzene rings is 1. The van der Waals surface area contributed by atoms with Crippen LogP contribution in [0.15, 0.2) is 35.4 Å². The lowest BCUT2D eigenvalue weighted by molar-refractivity contribution is -0.124. The summed E-state index contributed by atoms with van der Waals surface area (Å²) in [5, 5.41) is 12.3. The van der Waals surface area contributed by atoms with Crippen molar-refractivity contribution in [2.45, 2.75) is 25.6 Å². The van der Waals surface area contributed by atoms with Gasteiger partial charge in [-0.2, -0.15) is 0 Å². The van der Waals surface area contributed by atoms with E-state index in [1.165, 1.54) is 17.8 Å². The minimum Gasteiger partial charge on any atom is -0.454 e. The molecule has 0 saturated heterocycles. The topological polar surface area (TPSA) is 129 Å². The van der Waals surface area contributed by atoms with Gasteiger partial charge in [0.25, 0.3) is 5.56 Å². The van der Waals surface area contributed by atoms with Crippen molar-refractivity contribution in [3.05, 3.63) is 41.0 Å². The number of aliphatic hydroxyl groups is 1. The third kappa shape index (κ3) is 3.68. The second-order valence-corrected chi connectivity index (χ2v) is 5.91. The van der Waals surface area contributed by atoms with Gasteiger partial charge >= 0.3 is 0 Å². The molecule has 26 heavy (non-hydrogen) atoms. The number of amides is 1. The average Bonchev–Trinajstić information content (AvgIpc) is 3.08. The zero-order chi connectivity index (χ0) is 18.7. The Morgan fingerprint density at radius 1 is 1.42 bits per heavy atom. The number of hydrogen-bond acceptors (Lipinski definition) is 7. The van der Waals surface area contributed by atoms with Crippen molar-refractivity contribution in [3.63, 3.8) is 0 Å². The predicted molar refractivity (Wildman–Crippen MR) is 93.9 cm³/mol. The number of carbonyl (C=O) groups is 1. The molecule has 0 saturated carbocycles. The van der Waals surface area contributed by atoms with Gasteiger partial charge < -0.3 is 25.6 Å². The summed E-state index contributed by atoms with van der Waals surface area (Å²) in [6, 6.07) is 2.34. The Morgan fingerprint density at radius 3 is 2.88 bits per heavy atom. The Hall–Kier alpha value is -2.91. The lowest BCUT2D eigenvalue weighted by Crippen LogP contribution is -2.47. The van der Waals surface area contributed by atoms with Crippen LogP contribution < -0.4 is 26.1 Å². The third-order valence-electron chi connectivity index (χ3n) is 4.00. The predicted octanol–water partition coefficient (Wildman–Crippen LogP) is -0.494. The van der Waals surface area contributed by atoms with Crippen LogP contribution >= 0.6 is 0 Å². The Kier molecular flexibility index (Phi) is 5.19. The number of nitrogens with zero attached hydrogens (tertiary/aromatic N) is 2. The van der Waals surface area contributed by atoms with Gasteiger partial charge in [-0.05, 0) is 13.0 Å². The van der Waals surface area contributed by atoms with Crippen molar-refractivity contribution in [1.29, 1.82) is 0 Å². The molecule has 0 aliphatic carbocycles. The van der Waals surface area contributed by atoms with Gasteiger partial charge in [-0.25, -0.2) is 4.98 Å². The number of ether oxygens (including phenoxy) is 2. The van der Waals surface area contributed by atoms with Crippen LogP contribution in [-0.4, -0.2) is 46.0 Å². The van der Waals surface area contributed by atoms with E-state index in [2.05, 4.69) is 10.3 Å². The van der Waals surface area contributed by atoms with E-state index in [9.17, 15) is 14.7 Å². The van der Waals surface area contributed by atoms with Crippen molar-refractivity contribution in [2.24, 2.45) is 5.73 Å². The maximum Gasteiger partial charge on any atom is 0.261 e. The number of nitrogens with one attached hydrogen (secondary N) is 1. The summed E-state index contributed by atoms with van der Waals surface area (Å²) in [7, 11) is 0. The highest BCUT2D eigenvalue weighted by Crippen LogP contribution is 2.34. The van der Waals surface area contributed by atoms with Crippen LogP contribution in [0.4, 0.5) is 0 Å². The Morgan fingerprint density at radius 2 is 2.15 bits per heavy atom. The Labute approximate surface area is 149 Å². The fourth-order valence-electron chi connectivity index (χ4n) is 2.45. The quantitative estimate of drug-likeness (QED) is 0.593. The van der Waals surface area contributed by atoms with E-state index < -0.39 is 18.1 Å². The van der Waals surface area contributed by atoms with Gasteiger partial charge in [-0.3, -0.25) is 14.2 Å². The Bertz CT molecular complexity index is 906. The van der Waals surface area contributed by atoms with E-state index in [4.69, 9.17) is 15.2 Å². The molecule has 1 aliphatic rings. The average molecular weight is 360 g/mol. The first-order chi connectivity index (χ1) is 12.5. The van der Waals surface area contributed by atoms with Crippen molar-refractivity contribution in [1.82, 2.24) is 14.9 Å². The van der Waals surface area contributed by atoms with Gasteiger partial charge in [0.1, 0.15) is 6.04 Å². The fourth-order valence-corrected chi connectivity index (χ4v) is 2.45. The molecule has 2 atom stereocenters. The van der Waals surface area contributed by atoms with E-state index in [1.807, 2.05) is 0 Å². The van der Waals surface area contributed by atoms with E-state index in [1.54, 1.807) is 24.3 Å². The van der Waals surface area contributed by atoms with E-state index >= 15 is 0 Å². The second kappa shape index (κ2) is 7.54. The number of fused-ring (bicyclic) bond motifs is 2. The lowest BCUT2D eigenvalue weighted by atomic mass is 10.2. The highest BCUT2D eigenvalue weighted by molar-refractivity contribution is 5.82. The first kappa shape index (κ1) is 17.9. The number of aromatic nitrogens is 2.